The van der Waals surface area contributed by atoms with Gasteiger partial charge in [-0.15, -0.1) is 0 Å². The standard InChI is InChI=1S/C17H19ClN8O/c18-14-13(10-7-21-17(19)22-8-10)24-15(25-3-5-27-6-4-25)16-23-11-1-2-20-9-12(11)26(14)16/h7-8,20H,1-6,9H2,(H2,19,21,22). The molecule has 140 valence electrons. The number of fused-ring (bicyclic) bond motifs is 3. The van der Waals surface area contributed by atoms with E-state index in [1.807, 2.05) is 4.40 Å². The maximum absolute atomic E-state index is 6.81. The van der Waals surface area contributed by atoms with Crippen molar-refractivity contribution in [1.82, 2.24) is 29.7 Å². The molecule has 3 aromatic rings. The zero-order valence-electron chi connectivity index (χ0n) is 14.7. The van der Waals surface area contributed by atoms with Gasteiger partial charge in [-0.2, -0.15) is 0 Å². The smallest absolute Gasteiger partial charge is 0.219 e. The highest BCUT2D eigenvalue weighted by Crippen LogP contribution is 2.34. The summed E-state index contributed by atoms with van der Waals surface area (Å²) in [4.78, 5) is 20.1. The molecule has 0 amide bonds. The Kier molecular flexibility index (Phi) is 4.07. The summed E-state index contributed by atoms with van der Waals surface area (Å²) in [6.07, 6.45) is 4.16. The van der Waals surface area contributed by atoms with Crippen molar-refractivity contribution >= 4 is 29.0 Å². The van der Waals surface area contributed by atoms with Crippen molar-refractivity contribution in [2.75, 3.05) is 43.5 Å². The highest BCUT2D eigenvalue weighted by Gasteiger charge is 2.26. The van der Waals surface area contributed by atoms with Crippen molar-refractivity contribution < 1.29 is 4.74 Å². The van der Waals surface area contributed by atoms with Crippen LogP contribution in [0.25, 0.3) is 16.9 Å². The molecule has 0 radical (unpaired) electrons. The maximum Gasteiger partial charge on any atom is 0.219 e. The van der Waals surface area contributed by atoms with Crippen molar-refractivity contribution in [3.05, 3.63) is 28.9 Å². The normalized spacial score (nSPS) is 17.3. The van der Waals surface area contributed by atoms with Gasteiger partial charge in [-0.05, 0) is 0 Å². The third kappa shape index (κ3) is 2.78. The van der Waals surface area contributed by atoms with Gasteiger partial charge in [0.25, 0.3) is 0 Å². The molecule has 5 heterocycles. The van der Waals surface area contributed by atoms with Gasteiger partial charge >= 0.3 is 0 Å². The number of imidazole rings is 1. The van der Waals surface area contributed by atoms with Crippen LogP contribution in [0.3, 0.4) is 0 Å². The van der Waals surface area contributed by atoms with Crippen LogP contribution in [0.5, 0.6) is 0 Å². The molecule has 0 unspecified atom stereocenters. The molecular weight excluding hydrogens is 368 g/mol. The minimum atomic E-state index is 0.216. The summed E-state index contributed by atoms with van der Waals surface area (Å²) in [5, 5.41) is 3.90. The molecule has 0 spiro atoms. The molecule has 1 saturated heterocycles. The fourth-order valence-corrected chi connectivity index (χ4v) is 3.93. The fourth-order valence-electron chi connectivity index (χ4n) is 3.59. The number of anilines is 2. The maximum atomic E-state index is 6.81. The minimum Gasteiger partial charge on any atom is -0.378 e. The van der Waals surface area contributed by atoms with Crippen molar-refractivity contribution in [1.29, 1.82) is 0 Å². The quantitative estimate of drug-likeness (QED) is 0.669. The van der Waals surface area contributed by atoms with Gasteiger partial charge in [0.05, 0.1) is 24.6 Å². The molecule has 27 heavy (non-hydrogen) atoms. The third-order valence-corrected chi connectivity index (χ3v) is 5.30. The van der Waals surface area contributed by atoms with Crippen molar-refractivity contribution in [2.24, 2.45) is 0 Å². The highest BCUT2D eigenvalue weighted by atomic mass is 35.5. The summed E-state index contributed by atoms with van der Waals surface area (Å²) >= 11 is 6.81. The molecule has 2 aliphatic rings. The van der Waals surface area contributed by atoms with Gasteiger partial charge in [0.2, 0.25) is 5.95 Å². The highest BCUT2D eigenvalue weighted by molar-refractivity contribution is 6.32. The van der Waals surface area contributed by atoms with Gasteiger partial charge in [0.1, 0.15) is 10.8 Å². The Balaban J connectivity index is 1.77. The molecule has 3 N–H and O–H groups in total. The Morgan fingerprint density at radius 1 is 1.15 bits per heavy atom. The summed E-state index contributed by atoms with van der Waals surface area (Å²) in [6.45, 7) is 4.49. The third-order valence-electron chi connectivity index (χ3n) is 4.95. The SMILES string of the molecule is Nc1ncc(-c2nc(N3CCOCC3)c3nc4c(n3c2Cl)CNCC4)cn1. The zero-order chi connectivity index (χ0) is 18.4. The molecule has 0 saturated carbocycles. The lowest BCUT2D eigenvalue weighted by atomic mass is 10.2. The van der Waals surface area contributed by atoms with Crippen molar-refractivity contribution in [3.63, 3.8) is 0 Å². The van der Waals surface area contributed by atoms with Crippen LogP contribution in [0.4, 0.5) is 11.8 Å². The van der Waals surface area contributed by atoms with E-state index in [9.17, 15) is 0 Å². The number of hydrogen-bond donors (Lipinski definition) is 2. The largest absolute Gasteiger partial charge is 0.378 e. The summed E-state index contributed by atoms with van der Waals surface area (Å²) in [7, 11) is 0. The lowest BCUT2D eigenvalue weighted by Gasteiger charge is -2.28. The topological polar surface area (TPSA) is 106 Å². The monoisotopic (exact) mass is 386 g/mol. The first-order chi connectivity index (χ1) is 13.2. The van der Waals surface area contributed by atoms with Crippen LogP contribution < -0.4 is 16.0 Å². The lowest BCUT2D eigenvalue weighted by molar-refractivity contribution is 0.122. The van der Waals surface area contributed by atoms with Gasteiger partial charge in [-0.3, -0.25) is 4.40 Å². The second-order valence-electron chi connectivity index (χ2n) is 6.60. The number of nitrogen functional groups attached to an aromatic ring is 1. The van der Waals surface area contributed by atoms with Gasteiger partial charge < -0.3 is 20.7 Å². The average Bonchev–Trinajstić information content (AvgIpc) is 3.10. The molecule has 1 fully saturated rings. The molecule has 9 nitrogen and oxygen atoms in total. The molecule has 0 atom stereocenters. The van der Waals surface area contributed by atoms with E-state index in [1.165, 1.54) is 0 Å². The Bertz CT molecular complexity index is 997. The van der Waals surface area contributed by atoms with E-state index < -0.39 is 0 Å². The second kappa shape index (κ2) is 6.59. The molecular formula is C17H19ClN8O. The van der Waals surface area contributed by atoms with Gasteiger partial charge in [0, 0.05) is 50.6 Å². The van der Waals surface area contributed by atoms with E-state index in [0.29, 0.717) is 24.1 Å². The number of morpholine rings is 1. The number of nitrogens with one attached hydrogen (secondary N) is 1. The lowest BCUT2D eigenvalue weighted by Crippen LogP contribution is -2.37. The van der Waals surface area contributed by atoms with E-state index in [-0.39, 0.29) is 5.95 Å². The van der Waals surface area contributed by atoms with Gasteiger partial charge in [0.15, 0.2) is 11.5 Å². The Morgan fingerprint density at radius 2 is 1.93 bits per heavy atom. The fraction of sp³-hybridized carbons (Fsp3) is 0.412. The summed E-state index contributed by atoms with van der Waals surface area (Å²) < 4.78 is 7.51. The molecule has 2 aliphatic heterocycles. The van der Waals surface area contributed by atoms with E-state index in [1.54, 1.807) is 12.4 Å². The van der Waals surface area contributed by atoms with Crippen LogP contribution in [0.2, 0.25) is 5.15 Å². The van der Waals surface area contributed by atoms with Gasteiger partial charge in [-0.25, -0.2) is 19.9 Å². The number of nitrogens with zero attached hydrogens (tertiary/aromatic N) is 6. The minimum absolute atomic E-state index is 0.216. The first kappa shape index (κ1) is 16.7. The molecule has 0 aromatic carbocycles. The number of hydrogen-bond acceptors (Lipinski definition) is 8. The van der Waals surface area contributed by atoms with E-state index in [2.05, 4.69) is 20.2 Å². The van der Waals surface area contributed by atoms with Crippen LogP contribution in [0.1, 0.15) is 11.4 Å². The summed E-state index contributed by atoms with van der Waals surface area (Å²) in [6, 6.07) is 0. The van der Waals surface area contributed by atoms with Crippen LogP contribution in [-0.2, 0) is 17.7 Å². The molecule has 10 heteroatoms. The molecule has 0 aliphatic carbocycles. The number of aromatic nitrogens is 5. The van der Waals surface area contributed by atoms with Crippen LogP contribution >= 0.6 is 11.6 Å². The molecule has 5 rings (SSSR count). The number of ether oxygens (including phenoxy) is 1. The van der Waals surface area contributed by atoms with Crippen molar-refractivity contribution in [3.8, 4) is 11.3 Å². The van der Waals surface area contributed by atoms with E-state index in [4.69, 9.17) is 32.0 Å². The summed E-state index contributed by atoms with van der Waals surface area (Å²) in [5.74, 6) is 1.03. The number of halogens is 1. The zero-order valence-corrected chi connectivity index (χ0v) is 15.4. The van der Waals surface area contributed by atoms with Crippen LogP contribution in [-0.4, -0.2) is 57.2 Å². The van der Waals surface area contributed by atoms with E-state index in [0.717, 1.165) is 61.0 Å². The van der Waals surface area contributed by atoms with Crippen LogP contribution in [0, 0.1) is 0 Å². The first-order valence-electron chi connectivity index (χ1n) is 8.93. The average molecular weight is 387 g/mol. The van der Waals surface area contributed by atoms with Crippen molar-refractivity contribution in [2.45, 2.75) is 13.0 Å². The predicted molar refractivity (Wildman–Crippen MR) is 102 cm³/mol. The second-order valence-corrected chi connectivity index (χ2v) is 6.95. The molecule has 3 aromatic heterocycles. The Hall–Kier alpha value is -2.49. The van der Waals surface area contributed by atoms with Gasteiger partial charge in [-0.1, -0.05) is 11.6 Å². The van der Waals surface area contributed by atoms with Crippen LogP contribution in [0.15, 0.2) is 12.4 Å². The molecule has 0 bridgehead atoms. The van der Waals surface area contributed by atoms with E-state index >= 15 is 0 Å². The number of nitrogens with two attached hydrogens (primary N) is 1. The Labute approximate surface area is 160 Å². The number of rotatable bonds is 2. The summed E-state index contributed by atoms with van der Waals surface area (Å²) in [5.41, 5.74) is 9.91. The Morgan fingerprint density at radius 3 is 2.70 bits per heavy atom. The predicted octanol–water partition coefficient (Wildman–Crippen LogP) is 0.904. The first-order valence-corrected chi connectivity index (χ1v) is 9.31.